The molecule has 5 nitrogen and oxygen atoms in total. The van der Waals surface area contributed by atoms with Gasteiger partial charge in [-0.25, -0.2) is 4.98 Å². The lowest BCUT2D eigenvalue weighted by Crippen LogP contribution is -2.07. The molecule has 25 heavy (non-hydrogen) atoms. The molecule has 0 amide bonds. The topological polar surface area (TPSA) is 67.6 Å². The molecule has 0 aliphatic rings. The lowest BCUT2D eigenvalue weighted by Gasteiger charge is -2.09. The predicted octanol–water partition coefficient (Wildman–Crippen LogP) is 4.00. The summed E-state index contributed by atoms with van der Waals surface area (Å²) in [5.41, 5.74) is 5.40. The van der Waals surface area contributed by atoms with Crippen molar-refractivity contribution in [1.29, 1.82) is 0 Å². The zero-order chi connectivity index (χ0) is 17.8. The van der Waals surface area contributed by atoms with Gasteiger partial charge in [0.2, 0.25) is 0 Å². The fourth-order valence-electron chi connectivity index (χ4n) is 2.60. The SMILES string of the molecule is COc1ccc(C(=NO)c2cc(C)cc(-c3cc(C)ccn3)n2)cc1. The lowest BCUT2D eigenvalue weighted by atomic mass is 10.0. The van der Waals surface area contributed by atoms with Crippen LogP contribution in [0.5, 0.6) is 5.75 Å². The number of hydrogen-bond acceptors (Lipinski definition) is 5. The summed E-state index contributed by atoms with van der Waals surface area (Å²) in [5.74, 6) is 0.739. The Kier molecular flexibility index (Phi) is 4.75. The van der Waals surface area contributed by atoms with Crippen LogP contribution >= 0.6 is 0 Å². The van der Waals surface area contributed by atoms with Crippen LogP contribution in [-0.4, -0.2) is 28.0 Å². The van der Waals surface area contributed by atoms with E-state index in [1.807, 2.05) is 62.4 Å². The molecule has 3 rings (SSSR count). The van der Waals surface area contributed by atoms with Crippen molar-refractivity contribution in [1.82, 2.24) is 9.97 Å². The van der Waals surface area contributed by atoms with E-state index >= 15 is 0 Å². The van der Waals surface area contributed by atoms with Gasteiger partial charge >= 0.3 is 0 Å². The molecule has 0 aliphatic carbocycles. The number of benzene rings is 1. The Balaban J connectivity index is 2.06. The van der Waals surface area contributed by atoms with Crippen LogP contribution in [0.25, 0.3) is 11.4 Å². The maximum atomic E-state index is 9.56. The van der Waals surface area contributed by atoms with Gasteiger partial charge in [-0.15, -0.1) is 0 Å². The number of rotatable bonds is 4. The van der Waals surface area contributed by atoms with Gasteiger partial charge in [0.1, 0.15) is 11.5 Å². The van der Waals surface area contributed by atoms with Crippen molar-refractivity contribution in [2.75, 3.05) is 7.11 Å². The Hall–Kier alpha value is -3.21. The maximum absolute atomic E-state index is 9.56. The van der Waals surface area contributed by atoms with Crippen LogP contribution in [-0.2, 0) is 0 Å². The quantitative estimate of drug-likeness (QED) is 0.445. The highest BCUT2D eigenvalue weighted by molar-refractivity contribution is 6.11. The fourth-order valence-corrected chi connectivity index (χ4v) is 2.60. The van der Waals surface area contributed by atoms with Gasteiger partial charge < -0.3 is 9.94 Å². The van der Waals surface area contributed by atoms with Gasteiger partial charge in [0.25, 0.3) is 0 Å². The van der Waals surface area contributed by atoms with E-state index in [1.54, 1.807) is 13.3 Å². The molecule has 5 heteroatoms. The van der Waals surface area contributed by atoms with Crippen molar-refractivity contribution < 1.29 is 9.94 Å². The van der Waals surface area contributed by atoms with E-state index in [0.29, 0.717) is 11.4 Å². The van der Waals surface area contributed by atoms with Crippen LogP contribution < -0.4 is 4.74 Å². The second-order valence-corrected chi connectivity index (χ2v) is 5.81. The van der Waals surface area contributed by atoms with E-state index in [4.69, 9.17) is 4.74 Å². The number of methoxy groups -OCH3 is 1. The summed E-state index contributed by atoms with van der Waals surface area (Å²) in [6.45, 7) is 3.99. The smallest absolute Gasteiger partial charge is 0.135 e. The van der Waals surface area contributed by atoms with Gasteiger partial charge in [-0.1, -0.05) is 5.16 Å². The van der Waals surface area contributed by atoms with Gasteiger partial charge in [-0.2, -0.15) is 0 Å². The van der Waals surface area contributed by atoms with Crippen LogP contribution in [0.15, 0.2) is 59.9 Å². The molecule has 0 aliphatic heterocycles. The summed E-state index contributed by atoms with van der Waals surface area (Å²) in [7, 11) is 1.61. The molecular formula is C20H19N3O2. The number of aryl methyl sites for hydroxylation is 2. The molecular weight excluding hydrogens is 314 g/mol. The summed E-state index contributed by atoms with van der Waals surface area (Å²) in [4.78, 5) is 9.04. The lowest BCUT2D eigenvalue weighted by molar-refractivity contribution is 0.319. The van der Waals surface area contributed by atoms with Gasteiger partial charge in [0.15, 0.2) is 0 Å². The van der Waals surface area contributed by atoms with E-state index in [0.717, 1.165) is 33.8 Å². The number of hydrogen-bond donors (Lipinski definition) is 1. The molecule has 0 bridgehead atoms. The van der Waals surface area contributed by atoms with Crippen LogP contribution in [0, 0.1) is 13.8 Å². The minimum atomic E-state index is 0.403. The standard InChI is InChI=1S/C20H19N3O2/c1-13-8-9-21-17(10-13)18-11-14(2)12-19(22-18)20(23-24)15-4-6-16(25-3)7-5-15/h4-12,24H,1-3H3. The molecule has 0 spiro atoms. The zero-order valence-corrected chi connectivity index (χ0v) is 14.4. The normalized spacial score (nSPS) is 11.4. The Bertz CT molecular complexity index is 918. The molecule has 2 heterocycles. The van der Waals surface area contributed by atoms with E-state index in [2.05, 4.69) is 15.1 Å². The van der Waals surface area contributed by atoms with Gasteiger partial charge in [0.05, 0.1) is 24.2 Å². The van der Waals surface area contributed by atoms with Crippen molar-refractivity contribution in [3.05, 3.63) is 77.1 Å². The Morgan fingerprint density at radius 2 is 1.68 bits per heavy atom. The highest BCUT2D eigenvalue weighted by atomic mass is 16.5. The maximum Gasteiger partial charge on any atom is 0.135 e. The second-order valence-electron chi connectivity index (χ2n) is 5.81. The average molecular weight is 333 g/mol. The van der Waals surface area contributed by atoms with Gasteiger partial charge in [0, 0.05) is 11.8 Å². The summed E-state index contributed by atoms with van der Waals surface area (Å²) in [5, 5.41) is 13.0. The molecule has 0 saturated heterocycles. The third-order valence-electron chi connectivity index (χ3n) is 3.85. The number of pyridine rings is 2. The molecule has 0 unspecified atom stereocenters. The van der Waals surface area contributed by atoms with Crippen LogP contribution in [0.3, 0.4) is 0 Å². The van der Waals surface area contributed by atoms with Crippen molar-refractivity contribution in [3.8, 4) is 17.1 Å². The summed E-state index contributed by atoms with van der Waals surface area (Å²) < 4.78 is 5.17. The molecule has 1 aromatic carbocycles. The molecule has 0 fully saturated rings. The minimum absolute atomic E-state index is 0.403. The highest BCUT2D eigenvalue weighted by Gasteiger charge is 2.13. The van der Waals surface area contributed by atoms with E-state index in [-0.39, 0.29) is 0 Å². The third kappa shape index (κ3) is 3.66. The van der Waals surface area contributed by atoms with Gasteiger partial charge in [-0.05, 0) is 73.5 Å². The minimum Gasteiger partial charge on any atom is -0.497 e. The summed E-state index contributed by atoms with van der Waals surface area (Å²) >= 11 is 0. The third-order valence-corrected chi connectivity index (χ3v) is 3.85. The largest absolute Gasteiger partial charge is 0.497 e. The zero-order valence-electron chi connectivity index (χ0n) is 14.4. The van der Waals surface area contributed by atoms with Gasteiger partial charge in [-0.3, -0.25) is 4.98 Å². The van der Waals surface area contributed by atoms with E-state index < -0.39 is 0 Å². The number of nitrogens with zero attached hydrogens (tertiary/aromatic N) is 3. The molecule has 3 aromatic rings. The Morgan fingerprint density at radius 1 is 0.960 bits per heavy atom. The molecule has 2 aromatic heterocycles. The summed E-state index contributed by atoms with van der Waals surface area (Å²) in [6, 6.07) is 15.1. The Morgan fingerprint density at radius 3 is 2.32 bits per heavy atom. The van der Waals surface area contributed by atoms with Crippen molar-refractivity contribution in [2.24, 2.45) is 5.16 Å². The first kappa shape index (κ1) is 16.6. The number of ether oxygens (including phenoxy) is 1. The van der Waals surface area contributed by atoms with E-state index in [9.17, 15) is 5.21 Å². The van der Waals surface area contributed by atoms with Crippen molar-refractivity contribution in [3.63, 3.8) is 0 Å². The summed E-state index contributed by atoms with van der Waals surface area (Å²) in [6.07, 6.45) is 1.76. The molecule has 126 valence electrons. The van der Waals surface area contributed by atoms with Crippen LogP contribution in [0.4, 0.5) is 0 Å². The molecule has 0 saturated carbocycles. The predicted molar refractivity (Wildman–Crippen MR) is 97.4 cm³/mol. The van der Waals surface area contributed by atoms with E-state index in [1.165, 1.54) is 0 Å². The highest BCUT2D eigenvalue weighted by Crippen LogP contribution is 2.21. The Labute approximate surface area is 146 Å². The number of aromatic nitrogens is 2. The first-order valence-electron chi connectivity index (χ1n) is 7.89. The first-order chi connectivity index (χ1) is 12.1. The first-order valence-corrected chi connectivity index (χ1v) is 7.89. The molecule has 1 N–H and O–H groups in total. The van der Waals surface area contributed by atoms with Crippen LogP contribution in [0.2, 0.25) is 0 Å². The van der Waals surface area contributed by atoms with Crippen molar-refractivity contribution >= 4 is 5.71 Å². The molecule has 0 atom stereocenters. The number of oxime groups is 1. The second kappa shape index (κ2) is 7.13. The monoisotopic (exact) mass is 333 g/mol. The molecule has 0 radical (unpaired) electrons. The fraction of sp³-hybridized carbons (Fsp3) is 0.150. The van der Waals surface area contributed by atoms with Crippen LogP contribution in [0.1, 0.15) is 22.4 Å². The van der Waals surface area contributed by atoms with Crippen molar-refractivity contribution in [2.45, 2.75) is 13.8 Å². The average Bonchev–Trinajstić information content (AvgIpc) is 2.62.